The number of carboxylic acid groups (broad SMARTS) is 1. The molecule has 0 aromatic heterocycles. The molecule has 1 rings (SSSR count). The van der Waals surface area contributed by atoms with Crippen LogP contribution in [0.15, 0.2) is 24.3 Å². The summed E-state index contributed by atoms with van der Waals surface area (Å²) in [6, 6.07) is 5.42. The van der Waals surface area contributed by atoms with Gasteiger partial charge in [-0.25, -0.2) is 0 Å². The molecule has 0 spiro atoms. The van der Waals surface area contributed by atoms with Crippen LogP contribution in [-0.4, -0.2) is 35.0 Å². The minimum Gasteiger partial charge on any atom is -0.481 e. The van der Waals surface area contributed by atoms with Crippen LogP contribution in [0.2, 0.25) is 0 Å². The fraction of sp³-hybridized carbons (Fsp3) is 0.273. The van der Waals surface area contributed by atoms with E-state index < -0.39 is 10.9 Å². The number of nitrogens with one attached hydrogen (secondary N) is 2. The lowest BCUT2D eigenvalue weighted by Crippen LogP contribution is -2.29. The highest BCUT2D eigenvalue weighted by Gasteiger charge is 2.06. The van der Waals surface area contributed by atoms with Gasteiger partial charge in [0.25, 0.3) is 5.69 Å². The van der Waals surface area contributed by atoms with Crippen LogP contribution < -0.4 is 10.6 Å². The third-order valence-corrected chi connectivity index (χ3v) is 2.16. The number of amides is 1. The predicted octanol–water partition coefficient (Wildman–Crippen LogP) is 0.598. The number of hydrogen-bond acceptors (Lipinski definition) is 5. The van der Waals surface area contributed by atoms with Gasteiger partial charge < -0.3 is 15.7 Å². The van der Waals surface area contributed by atoms with E-state index in [4.69, 9.17) is 5.11 Å². The summed E-state index contributed by atoms with van der Waals surface area (Å²) in [4.78, 5) is 31.5. The number of carbonyl (C=O) groups is 2. The van der Waals surface area contributed by atoms with Crippen molar-refractivity contribution < 1.29 is 19.6 Å². The lowest BCUT2D eigenvalue weighted by atomic mass is 10.3. The summed E-state index contributed by atoms with van der Waals surface area (Å²) in [6.07, 6.45) is -0.0647. The number of carboxylic acids is 1. The van der Waals surface area contributed by atoms with E-state index in [1.807, 2.05) is 0 Å². The van der Waals surface area contributed by atoms with Crippen molar-refractivity contribution in [2.24, 2.45) is 0 Å². The Kier molecular flexibility index (Phi) is 5.42. The van der Waals surface area contributed by atoms with Gasteiger partial charge in [0.2, 0.25) is 5.91 Å². The third-order valence-electron chi connectivity index (χ3n) is 2.16. The molecule has 0 radical (unpaired) electrons. The molecular weight excluding hydrogens is 254 g/mol. The van der Waals surface area contributed by atoms with E-state index in [1.54, 1.807) is 0 Å². The van der Waals surface area contributed by atoms with Gasteiger partial charge in [0.05, 0.1) is 17.9 Å². The molecule has 19 heavy (non-hydrogen) atoms. The molecule has 1 amide bonds. The van der Waals surface area contributed by atoms with Crippen LogP contribution >= 0.6 is 0 Å². The predicted molar refractivity (Wildman–Crippen MR) is 66.8 cm³/mol. The average molecular weight is 267 g/mol. The largest absolute Gasteiger partial charge is 0.481 e. The van der Waals surface area contributed by atoms with E-state index in [0.717, 1.165) is 0 Å². The molecule has 0 saturated carbocycles. The molecular formula is C11H13N3O5. The first-order valence-electron chi connectivity index (χ1n) is 5.46. The monoisotopic (exact) mass is 267 g/mol. The lowest BCUT2D eigenvalue weighted by molar-refractivity contribution is -0.384. The van der Waals surface area contributed by atoms with E-state index in [1.165, 1.54) is 24.3 Å². The van der Waals surface area contributed by atoms with Gasteiger partial charge in [-0.05, 0) is 12.1 Å². The van der Waals surface area contributed by atoms with Crippen molar-refractivity contribution in [2.75, 3.05) is 18.4 Å². The molecule has 8 nitrogen and oxygen atoms in total. The first kappa shape index (κ1) is 14.6. The number of anilines is 1. The normalized spacial score (nSPS) is 9.89. The second-order valence-corrected chi connectivity index (χ2v) is 3.67. The number of carbonyl (C=O) groups excluding carboxylic acids is 1. The van der Waals surface area contributed by atoms with Gasteiger partial charge in [-0.2, -0.15) is 0 Å². The molecule has 102 valence electrons. The summed E-state index contributed by atoms with van der Waals surface area (Å²) in [5.41, 5.74) is 0.383. The Balaban J connectivity index is 2.35. The highest BCUT2D eigenvalue weighted by atomic mass is 16.6. The van der Waals surface area contributed by atoms with Crippen molar-refractivity contribution in [3.8, 4) is 0 Å². The fourth-order valence-corrected chi connectivity index (χ4v) is 1.27. The molecule has 1 aromatic carbocycles. The van der Waals surface area contributed by atoms with Crippen LogP contribution in [0.4, 0.5) is 11.4 Å². The van der Waals surface area contributed by atoms with Gasteiger partial charge in [0.1, 0.15) is 0 Å². The van der Waals surface area contributed by atoms with E-state index >= 15 is 0 Å². The van der Waals surface area contributed by atoms with Gasteiger partial charge in [-0.1, -0.05) is 0 Å². The number of hydrogen-bond donors (Lipinski definition) is 3. The second-order valence-electron chi connectivity index (χ2n) is 3.67. The van der Waals surface area contributed by atoms with Gasteiger partial charge >= 0.3 is 5.97 Å². The molecule has 0 aliphatic carbocycles. The number of nitro groups is 1. The van der Waals surface area contributed by atoms with Gasteiger partial charge in [-0.3, -0.25) is 19.7 Å². The number of rotatable bonds is 7. The summed E-state index contributed by atoms with van der Waals surface area (Å²) < 4.78 is 0. The summed E-state index contributed by atoms with van der Waals surface area (Å²) in [5.74, 6) is -1.29. The topological polar surface area (TPSA) is 122 Å². The first-order chi connectivity index (χ1) is 8.99. The molecule has 0 aliphatic rings. The molecule has 0 fully saturated rings. The average Bonchev–Trinajstić information content (AvgIpc) is 2.35. The van der Waals surface area contributed by atoms with Gasteiger partial charge in [0, 0.05) is 24.4 Å². The molecule has 0 saturated heterocycles. The minimum absolute atomic E-state index is 0.0235. The van der Waals surface area contributed by atoms with Crippen molar-refractivity contribution in [3.05, 3.63) is 34.4 Å². The third kappa shape index (κ3) is 5.59. The molecule has 0 aliphatic heterocycles. The van der Waals surface area contributed by atoms with Gasteiger partial charge in [-0.15, -0.1) is 0 Å². The number of nitrogens with zero attached hydrogens (tertiary/aromatic N) is 1. The van der Waals surface area contributed by atoms with Gasteiger partial charge in [0.15, 0.2) is 0 Å². The lowest BCUT2D eigenvalue weighted by Gasteiger charge is -2.05. The van der Waals surface area contributed by atoms with E-state index in [2.05, 4.69) is 10.6 Å². The van der Waals surface area contributed by atoms with Crippen LogP contribution in [0, 0.1) is 10.1 Å². The van der Waals surface area contributed by atoms with E-state index in [0.29, 0.717) is 5.69 Å². The Morgan fingerprint density at radius 1 is 1.26 bits per heavy atom. The zero-order valence-electron chi connectivity index (χ0n) is 9.96. The second kappa shape index (κ2) is 7.07. The molecule has 8 heteroatoms. The summed E-state index contributed by atoms with van der Waals surface area (Å²) in [7, 11) is 0. The highest BCUT2D eigenvalue weighted by Crippen LogP contribution is 2.14. The first-order valence-corrected chi connectivity index (χ1v) is 5.46. The molecule has 0 unspecified atom stereocenters. The number of benzene rings is 1. The number of non-ortho nitro benzene ring substituents is 1. The highest BCUT2D eigenvalue weighted by molar-refractivity contribution is 5.92. The Morgan fingerprint density at radius 2 is 1.89 bits per heavy atom. The van der Waals surface area contributed by atoms with Crippen molar-refractivity contribution in [3.63, 3.8) is 0 Å². The summed E-state index contributed by atoms with van der Waals surface area (Å²) in [5, 5.41) is 24.0. The fourth-order valence-electron chi connectivity index (χ4n) is 1.27. The number of aliphatic carboxylic acids is 1. The maximum Gasteiger partial charge on any atom is 0.304 e. The quantitative estimate of drug-likeness (QED) is 0.378. The van der Waals surface area contributed by atoms with Crippen LogP contribution in [0.3, 0.4) is 0 Å². The zero-order valence-corrected chi connectivity index (χ0v) is 9.96. The Labute approximate surface area is 108 Å². The van der Waals surface area contributed by atoms with E-state index in [9.17, 15) is 19.7 Å². The minimum atomic E-state index is -0.941. The molecule has 0 bridgehead atoms. The maximum absolute atomic E-state index is 11.4. The molecule has 0 atom stereocenters. The summed E-state index contributed by atoms with van der Waals surface area (Å²) in [6.45, 7) is 0.174. The van der Waals surface area contributed by atoms with Crippen LogP contribution in [0.1, 0.15) is 6.42 Å². The van der Waals surface area contributed by atoms with E-state index in [-0.39, 0.29) is 31.1 Å². The Hall–Kier alpha value is -2.48. The van der Waals surface area contributed by atoms with Crippen LogP contribution in [-0.2, 0) is 9.59 Å². The Morgan fingerprint density at radius 3 is 2.42 bits per heavy atom. The zero-order chi connectivity index (χ0) is 14.3. The summed E-state index contributed by atoms with van der Waals surface area (Å²) >= 11 is 0. The molecule has 3 N–H and O–H groups in total. The molecule has 1 aromatic rings. The van der Waals surface area contributed by atoms with Crippen molar-refractivity contribution >= 4 is 23.3 Å². The van der Waals surface area contributed by atoms with Crippen molar-refractivity contribution in [2.45, 2.75) is 6.42 Å². The SMILES string of the molecule is O=C(O)CCNCC(=O)Nc1ccc([N+](=O)[O-])cc1. The van der Waals surface area contributed by atoms with Crippen molar-refractivity contribution in [1.29, 1.82) is 0 Å². The van der Waals surface area contributed by atoms with Crippen LogP contribution in [0.5, 0.6) is 0 Å². The standard InChI is InChI=1S/C11H13N3O5/c15-10(7-12-6-5-11(16)17)13-8-1-3-9(4-2-8)14(18)19/h1-4,12H,5-7H2,(H,13,15)(H,16,17). The Bertz CT molecular complexity index is 472. The smallest absolute Gasteiger partial charge is 0.304 e. The number of nitro benzene ring substituents is 1. The molecule has 0 heterocycles. The van der Waals surface area contributed by atoms with Crippen LogP contribution in [0.25, 0.3) is 0 Å². The van der Waals surface area contributed by atoms with Crippen molar-refractivity contribution in [1.82, 2.24) is 5.32 Å². The maximum atomic E-state index is 11.4.